The Bertz CT molecular complexity index is 569. The molecule has 2 heterocycles. The Morgan fingerprint density at radius 3 is 3.13 bits per heavy atom. The summed E-state index contributed by atoms with van der Waals surface area (Å²) in [6.45, 7) is 6.10. The van der Waals surface area contributed by atoms with Gasteiger partial charge in [-0.2, -0.15) is 0 Å². The maximum absolute atomic E-state index is 6.22. The molecule has 1 saturated heterocycles. The van der Waals surface area contributed by atoms with E-state index in [1.165, 1.54) is 19.4 Å². The monoisotopic (exact) mass is 353 g/mol. The second-order valence-corrected chi connectivity index (χ2v) is 6.94. The van der Waals surface area contributed by atoms with Crippen LogP contribution in [-0.4, -0.2) is 42.3 Å². The van der Waals surface area contributed by atoms with Crippen molar-refractivity contribution in [1.29, 1.82) is 0 Å². The molecule has 126 valence electrons. The summed E-state index contributed by atoms with van der Waals surface area (Å²) in [6.07, 6.45) is 3.42. The van der Waals surface area contributed by atoms with Crippen LogP contribution < -0.4 is 15.4 Å². The molecule has 4 nitrogen and oxygen atoms in total. The normalized spacial score (nSPS) is 23.9. The molecule has 2 aliphatic rings. The topological polar surface area (TPSA) is 36.5 Å². The van der Waals surface area contributed by atoms with Crippen molar-refractivity contribution in [3.05, 3.63) is 28.8 Å². The molecule has 2 atom stereocenters. The number of nitrogens with one attached hydrogen (secondary N) is 2. The van der Waals surface area contributed by atoms with Crippen LogP contribution in [0.1, 0.15) is 37.8 Å². The van der Waals surface area contributed by atoms with E-state index in [1.54, 1.807) is 0 Å². The minimum Gasteiger partial charge on any atom is -0.492 e. The minimum atomic E-state index is 0.156. The molecule has 1 aromatic rings. The number of hydrogen-bond acceptors (Lipinski definition) is 3. The molecule has 0 saturated carbocycles. The number of benzene rings is 1. The largest absolute Gasteiger partial charge is 0.492 e. The third-order valence-electron chi connectivity index (χ3n) is 4.73. The fraction of sp³-hybridized carbons (Fsp3) is 0.588. The van der Waals surface area contributed by atoms with Crippen LogP contribution in [0.4, 0.5) is 0 Å². The Hall–Kier alpha value is -1.04. The number of ether oxygens (including phenoxy) is 1. The van der Waals surface area contributed by atoms with E-state index in [1.807, 2.05) is 12.1 Å². The fourth-order valence-corrected chi connectivity index (χ4v) is 3.96. The second kappa shape index (κ2) is 7.69. The van der Waals surface area contributed by atoms with Gasteiger partial charge in [-0.05, 0) is 44.2 Å². The van der Waals surface area contributed by atoms with Gasteiger partial charge >= 0.3 is 0 Å². The van der Waals surface area contributed by atoms with Gasteiger partial charge in [0.2, 0.25) is 0 Å². The van der Waals surface area contributed by atoms with Crippen molar-refractivity contribution in [2.24, 2.45) is 0 Å². The van der Waals surface area contributed by atoms with Gasteiger partial charge in [-0.1, -0.05) is 30.7 Å². The molecule has 0 aliphatic carbocycles. The molecule has 1 fully saturated rings. The van der Waals surface area contributed by atoms with Gasteiger partial charge in [-0.15, -0.1) is 0 Å². The van der Waals surface area contributed by atoms with Crippen LogP contribution in [0.15, 0.2) is 18.2 Å². The zero-order chi connectivity index (χ0) is 16.2. The highest BCUT2D eigenvalue weighted by Crippen LogP contribution is 2.37. The Balaban J connectivity index is 1.56. The van der Waals surface area contributed by atoms with Crippen LogP contribution in [0, 0.1) is 0 Å². The molecule has 23 heavy (non-hydrogen) atoms. The van der Waals surface area contributed by atoms with E-state index in [4.69, 9.17) is 28.6 Å². The van der Waals surface area contributed by atoms with E-state index in [9.17, 15) is 0 Å². The van der Waals surface area contributed by atoms with E-state index >= 15 is 0 Å². The van der Waals surface area contributed by atoms with Crippen molar-refractivity contribution in [2.75, 3.05) is 26.2 Å². The lowest BCUT2D eigenvalue weighted by molar-refractivity contribution is 0.259. The Labute approximate surface area is 148 Å². The molecule has 2 unspecified atom stereocenters. The van der Waals surface area contributed by atoms with Gasteiger partial charge in [0.1, 0.15) is 5.75 Å². The van der Waals surface area contributed by atoms with Gasteiger partial charge in [0.05, 0.1) is 17.7 Å². The molecule has 0 bridgehead atoms. The highest BCUT2D eigenvalue weighted by molar-refractivity contribution is 7.80. The van der Waals surface area contributed by atoms with Crippen molar-refractivity contribution in [2.45, 2.75) is 38.3 Å². The maximum Gasteiger partial charge on any atom is 0.166 e. The van der Waals surface area contributed by atoms with Gasteiger partial charge in [0.15, 0.2) is 5.11 Å². The number of likely N-dealkylation sites (N-methyl/N-ethyl adjacent to an activating group) is 1. The Kier molecular flexibility index (Phi) is 5.62. The van der Waals surface area contributed by atoms with Gasteiger partial charge in [0.25, 0.3) is 0 Å². The smallest absolute Gasteiger partial charge is 0.166 e. The minimum absolute atomic E-state index is 0.156. The Morgan fingerprint density at radius 2 is 2.30 bits per heavy atom. The predicted molar refractivity (Wildman–Crippen MR) is 98.3 cm³/mol. The van der Waals surface area contributed by atoms with Crippen LogP contribution >= 0.6 is 23.8 Å². The third-order valence-corrected chi connectivity index (χ3v) is 5.29. The first-order chi connectivity index (χ1) is 11.2. The number of halogens is 1. The number of fused-ring (bicyclic) bond motifs is 1. The predicted octanol–water partition coefficient (Wildman–Crippen LogP) is 3.11. The van der Waals surface area contributed by atoms with Gasteiger partial charge in [-0.25, -0.2) is 0 Å². The number of nitrogens with zero attached hydrogens (tertiary/aromatic N) is 1. The van der Waals surface area contributed by atoms with E-state index in [0.29, 0.717) is 22.8 Å². The molecule has 0 aromatic heterocycles. The zero-order valence-corrected chi connectivity index (χ0v) is 15.1. The summed E-state index contributed by atoms with van der Waals surface area (Å²) >= 11 is 11.7. The van der Waals surface area contributed by atoms with Gasteiger partial charge in [0, 0.05) is 24.6 Å². The molecular weight excluding hydrogens is 330 g/mol. The molecule has 3 rings (SSSR count). The van der Waals surface area contributed by atoms with E-state index in [2.05, 4.69) is 28.5 Å². The van der Waals surface area contributed by atoms with Crippen molar-refractivity contribution in [1.82, 2.24) is 15.5 Å². The first-order valence-electron chi connectivity index (χ1n) is 8.38. The van der Waals surface area contributed by atoms with Crippen molar-refractivity contribution in [3.8, 4) is 5.75 Å². The van der Waals surface area contributed by atoms with Gasteiger partial charge in [-0.3, -0.25) is 4.90 Å². The summed E-state index contributed by atoms with van der Waals surface area (Å²) in [5.74, 6) is 0.786. The first-order valence-corrected chi connectivity index (χ1v) is 9.17. The molecule has 0 amide bonds. The van der Waals surface area contributed by atoms with Gasteiger partial charge < -0.3 is 15.4 Å². The molecule has 2 N–H and O–H groups in total. The Morgan fingerprint density at radius 1 is 1.43 bits per heavy atom. The number of para-hydroxylation sites is 1. The lowest BCUT2D eigenvalue weighted by Crippen LogP contribution is -2.45. The quantitative estimate of drug-likeness (QED) is 0.813. The van der Waals surface area contributed by atoms with Crippen molar-refractivity contribution >= 4 is 28.9 Å². The summed E-state index contributed by atoms with van der Waals surface area (Å²) < 4.78 is 5.69. The van der Waals surface area contributed by atoms with Crippen molar-refractivity contribution in [3.63, 3.8) is 0 Å². The molecule has 1 aromatic carbocycles. The molecule has 0 spiro atoms. The van der Waals surface area contributed by atoms with E-state index < -0.39 is 0 Å². The first kappa shape index (κ1) is 16.8. The number of likely N-dealkylation sites (tertiary alicyclic amines) is 1. The standard InChI is InChI=1S/C17H24ClN3OS/c1-2-21-9-4-5-12(21)11-19-17(23)20-15-8-10-22-16-13(15)6-3-7-14(16)18/h3,6-7,12,15H,2,4-5,8-11H2,1H3,(H2,19,20,23). The van der Waals surface area contributed by atoms with Crippen molar-refractivity contribution < 1.29 is 4.74 Å². The number of hydrogen-bond donors (Lipinski definition) is 2. The summed E-state index contributed by atoms with van der Waals surface area (Å²) in [7, 11) is 0. The van der Waals surface area contributed by atoms with Crippen LogP contribution in [0.3, 0.4) is 0 Å². The summed E-state index contributed by atoms with van der Waals surface area (Å²) in [4.78, 5) is 2.51. The molecule has 6 heteroatoms. The summed E-state index contributed by atoms with van der Waals surface area (Å²) in [5, 5.41) is 8.19. The molecule has 2 aliphatic heterocycles. The van der Waals surface area contributed by atoms with Crippen LogP contribution in [0.25, 0.3) is 0 Å². The molecular formula is C17H24ClN3OS. The number of rotatable bonds is 4. The molecule has 0 radical (unpaired) electrons. The third kappa shape index (κ3) is 3.90. The highest BCUT2D eigenvalue weighted by Gasteiger charge is 2.25. The summed E-state index contributed by atoms with van der Waals surface area (Å²) in [5.41, 5.74) is 1.09. The second-order valence-electron chi connectivity index (χ2n) is 6.13. The lowest BCUT2D eigenvalue weighted by Gasteiger charge is -2.29. The SMILES string of the molecule is CCN1CCCC1CNC(=S)NC1CCOc2c(Cl)cccc21. The van der Waals surface area contributed by atoms with E-state index in [-0.39, 0.29) is 6.04 Å². The van der Waals surface area contributed by atoms with Crippen LogP contribution in [-0.2, 0) is 0 Å². The maximum atomic E-state index is 6.22. The average Bonchev–Trinajstić information content (AvgIpc) is 3.01. The van der Waals surface area contributed by atoms with Crippen LogP contribution in [0.2, 0.25) is 5.02 Å². The highest BCUT2D eigenvalue weighted by atomic mass is 35.5. The fourth-order valence-electron chi connectivity index (χ4n) is 3.50. The lowest BCUT2D eigenvalue weighted by atomic mass is 10.0. The average molecular weight is 354 g/mol. The van der Waals surface area contributed by atoms with E-state index in [0.717, 1.165) is 30.8 Å². The van der Waals surface area contributed by atoms with Crippen LogP contribution in [0.5, 0.6) is 5.75 Å². The summed E-state index contributed by atoms with van der Waals surface area (Å²) in [6, 6.07) is 6.62. The number of thiocarbonyl (C=S) groups is 1. The zero-order valence-electron chi connectivity index (χ0n) is 13.5.